The Kier molecular flexibility index (Phi) is 6.22. The lowest BCUT2D eigenvalue weighted by molar-refractivity contribution is 0.0440. The van der Waals surface area contributed by atoms with Crippen molar-refractivity contribution < 1.29 is 14.6 Å². The Morgan fingerprint density at radius 3 is 3.05 bits per heavy atom. The van der Waals surface area contributed by atoms with Crippen LogP contribution in [-0.4, -0.2) is 43.0 Å². The maximum absolute atomic E-state index is 9.40. The van der Waals surface area contributed by atoms with Crippen LogP contribution in [0.2, 0.25) is 0 Å². The summed E-state index contributed by atoms with van der Waals surface area (Å²) in [4.78, 5) is 7.79. The van der Waals surface area contributed by atoms with Crippen molar-refractivity contribution in [1.82, 2.24) is 4.98 Å². The minimum absolute atomic E-state index is 0.0277. The summed E-state index contributed by atoms with van der Waals surface area (Å²) in [5.41, 5.74) is 0.853. The molecule has 0 spiro atoms. The molecule has 1 fully saturated rings. The van der Waals surface area contributed by atoms with E-state index in [1.54, 1.807) is 18.4 Å². The molecule has 2 heterocycles. The maximum atomic E-state index is 9.40. The number of thiazole rings is 1. The zero-order valence-electron chi connectivity index (χ0n) is 12.3. The molecule has 1 N–H and O–H groups in total. The van der Waals surface area contributed by atoms with Gasteiger partial charge in [-0.15, -0.1) is 0 Å². The molecule has 0 amide bonds. The molecule has 114 valence electrons. The van der Waals surface area contributed by atoms with Crippen LogP contribution in [0.5, 0.6) is 0 Å². The number of aliphatic hydroxyl groups is 1. The number of anilines is 1. The Morgan fingerprint density at radius 2 is 2.35 bits per heavy atom. The first kappa shape index (κ1) is 15.7. The second-order valence-corrected chi connectivity index (χ2v) is 6.10. The van der Waals surface area contributed by atoms with Crippen LogP contribution < -0.4 is 4.90 Å². The summed E-state index contributed by atoms with van der Waals surface area (Å²) in [5, 5.41) is 10.4. The highest BCUT2D eigenvalue weighted by atomic mass is 32.1. The molecule has 1 aliphatic heterocycles. The SMILES string of the molecule is CCCOC1CCCN(c2nc(COC)c(CO)s2)C1. The van der Waals surface area contributed by atoms with Crippen molar-refractivity contribution >= 4 is 16.5 Å². The van der Waals surface area contributed by atoms with Gasteiger partial charge < -0.3 is 19.5 Å². The van der Waals surface area contributed by atoms with Gasteiger partial charge in [-0.25, -0.2) is 4.98 Å². The van der Waals surface area contributed by atoms with Crippen LogP contribution in [0.1, 0.15) is 36.8 Å². The van der Waals surface area contributed by atoms with Crippen LogP contribution in [0, 0.1) is 0 Å². The first-order valence-electron chi connectivity index (χ1n) is 7.23. The highest BCUT2D eigenvalue weighted by Gasteiger charge is 2.23. The number of nitrogens with zero attached hydrogens (tertiary/aromatic N) is 2. The number of piperidine rings is 1. The fourth-order valence-corrected chi connectivity index (χ4v) is 3.37. The van der Waals surface area contributed by atoms with E-state index in [4.69, 9.17) is 9.47 Å². The number of rotatable bonds is 7. The Hall–Kier alpha value is -0.690. The Morgan fingerprint density at radius 1 is 1.50 bits per heavy atom. The van der Waals surface area contributed by atoms with Crippen LogP contribution in [0.25, 0.3) is 0 Å². The van der Waals surface area contributed by atoms with Gasteiger partial charge in [0.1, 0.15) is 0 Å². The fourth-order valence-electron chi connectivity index (χ4n) is 2.41. The lowest BCUT2D eigenvalue weighted by Gasteiger charge is -2.32. The van der Waals surface area contributed by atoms with Gasteiger partial charge in [-0.3, -0.25) is 0 Å². The van der Waals surface area contributed by atoms with Crippen molar-refractivity contribution in [2.45, 2.75) is 45.5 Å². The third kappa shape index (κ3) is 3.91. The second kappa shape index (κ2) is 7.93. The van der Waals surface area contributed by atoms with Crippen LogP contribution in [-0.2, 0) is 22.7 Å². The molecule has 0 aromatic carbocycles. The fraction of sp³-hybridized carbons (Fsp3) is 0.786. The first-order chi connectivity index (χ1) is 9.78. The number of aromatic nitrogens is 1. The molecule has 0 bridgehead atoms. The van der Waals surface area contributed by atoms with Gasteiger partial charge in [-0.05, 0) is 19.3 Å². The number of ether oxygens (including phenoxy) is 2. The van der Waals surface area contributed by atoms with Crippen molar-refractivity contribution in [1.29, 1.82) is 0 Å². The summed E-state index contributed by atoms with van der Waals surface area (Å²) in [6, 6.07) is 0. The number of hydrogen-bond acceptors (Lipinski definition) is 6. The Bertz CT molecular complexity index is 411. The van der Waals surface area contributed by atoms with E-state index < -0.39 is 0 Å². The van der Waals surface area contributed by atoms with E-state index >= 15 is 0 Å². The predicted molar refractivity (Wildman–Crippen MR) is 80.2 cm³/mol. The molecule has 0 aliphatic carbocycles. The predicted octanol–water partition coefficient (Wildman–Crippen LogP) is 2.18. The maximum Gasteiger partial charge on any atom is 0.186 e. The third-order valence-corrected chi connectivity index (χ3v) is 4.54. The van der Waals surface area contributed by atoms with E-state index in [-0.39, 0.29) is 6.61 Å². The summed E-state index contributed by atoms with van der Waals surface area (Å²) >= 11 is 1.56. The summed E-state index contributed by atoms with van der Waals surface area (Å²) in [6.45, 7) is 5.34. The van der Waals surface area contributed by atoms with E-state index in [9.17, 15) is 5.11 Å². The van der Waals surface area contributed by atoms with Crippen molar-refractivity contribution in [2.75, 3.05) is 31.7 Å². The molecule has 1 unspecified atom stereocenters. The standard InChI is InChI=1S/C14H24N2O3S/c1-3-7-19-11-5-4-6-16(8-11)14-15-12(10-18-2)13(9-17)20-14/h11,17H,3-10H2,1-2H3. The minimum Gasteiger partial charge on any atom is -0.391 e. The van der Waals surface area contributed by atoms with Crippen LogP contribution >= 0.6 is 11.3 Å². The average molecular weight is 300 g/mol. The molecule has 1 aliphatic rings. The molecule has 1 aromatic heterocycles. The van der Waals surface area contributed by atoms with Gasteiger partial charge in [0.15, 0.2) is 5.13 Å². The van der Waals surface area contributed by atoms with E-state index in [0.29, 0.717) is 12.7 Å². The van der Waals surface area contributed by atoms with Gasteiger partial charge in [0.05, 0.1) is 29.9 Å². The van der Waals surface area contributed by atoms with Gasteiger partial charge in [0.2, 0.25) is 0 Å². The van der Waals surface area contributed by atoms with Crippen LogP contribution in [0.15, 0.2) is 0 Å². The number of methoxy groups -OCH3 is 1. The zero-order valence-corrected chi connectivity index (χ0v) is 13.1. The largest absolute Gasteiger partial charge is 0.391 e. The summed E-state index contributed by atoms with van der Waals surface area (Å²) in [7, 11) is 1.65. The van der Waals surface area contributed by atoms with Crippen molar-refractivity contribution in [3.05, 3.63) is 10.6 Å². The molecule has 6 heteroatoms. The topological polar surface area (TPSA) is 54.8 Å². The van der Waals surface area contributed by atoms with Crippen LogP contribution in [0.4, 0.5) is 5.13 Å². The van der Waals surface area contributed by atoms with Gasteiger partial charge in [0, 0.05) is 26.8 Å². The Labute approximate surface area is 124 Å². The molecule has 5 nitrogen and oxygen atoms in total. The molecule has 1 aromatic rings. The second-order valence-electron chi connectivity index (χ2n) is 5.04. The van der Waals surface area contributed by atoms with Gasteiger partial charge in [-0.2, -0.15) is 0 Å². The molecule has 1 atom stereocenters. The monoisotopic (exact) mass is 300 g/mol. The molecule has 0 saturated carbocycles. The van der Waals surface area contributed by atoms with Gasteiger partial charge in [-0.1, -0.05) is 18.3 Å². The quantitative estimate of drug-likeness (QED) is 0.836. The van der Waals surface area contributed by atoms with E-state index in [2.05, 4.69) is 16.8 Å². The highest BCUT2D eigenvalue weighted by molar-refractivity contribution is 7.15. The smallest absolute Gasteiger partial charge is 0.186 e. The molecule has 2 rings (SSSR count). The molecule has 1 saturated heterocycles. The first-order valence-corrected chi connectivity index (χ1v) is 8.05. The van der Waals surface area contributed by atoms with Gasteiger partial charge in [0.25, 0.3) is 0 Å². The van der Waals surface area contributed by atoms with E-state index in [1.807, 2.05) is 0 Å². The van der Waals surface area contributed by atoms with E-state index in [1.165, 1.54) is 0 Å². The minimum atomic E-state index is 0.0277. The molecule has 20 heavy (non-hydrogen) atoms. The number of hydrogen-bond donors (Lipinski definition) is 1. The van der Waals surface area contributed by atoms with Gasteiger partial charge >= 0.3 is 0 Å². The average Bonchev–Trinajstić information content (AvgIpc) is 2.89. The lowest BCUT2D eigenvalue weighted by atomic mass is 10.1. The highest BCUT2D eigenvalue weighted by Crippen LogP contribution is 2.29. The molecular weight excluding hydrogens is 276 g/mol. The summed E-state index contributed by atoms with van der Waals surface area (Å²) in [6.07, 6.45) is 3.61. The van der Waals surface area contributed by atoms with Crippen molar-refractivity contribution in [3.8, 4) is 0 Å². The third-order valence-electron chi connectivity index (χ3n) is 3.40. The number of aliphatic hydroxyl groups excluding tert-OH is 1. The molecular formula is C14H24N2O3S. The van der Waals surface area contributed by atoms with Crippen molar-refractivity contribution in [2.24, 2.45) is 0 Å². The Balaban J connectivity index is 2.02. The van der Waals surface area contributed by atoms with Crippen LogP contribution in [0.3, 0.4) is 0 Å². The lowest BCUT2D eigenvalue weighted by Crippen LogP contribution is -2.39. The zero-order chi connectivity index (χ0) is 14.4. The van der Waals surface area contributed by atoms with Crippen molar-refractivity contribution in [3.63, 3.8) is 0 Å². The van der Waals surface area contributed by atoms with E-state index in [0.717, 1.165) is 54.7 Å². The normalized spacial score (nSPS) is 19.6. The summed E-state index contributed by atoms with van der Waals surface area (Å²) in [5.74, 6) is 0. The molecule has 0 radical (unpaired) electrons. The summed E-state index contributed by atoms with van der Waals surface area (Å²) < 4.78 is 11.0.